The maximum atomic E-state index is 11.1. The van der Waals surface area contributed by atoms with Gasteiger partial charge in [-0.3, -0.25) is 4.79 Å². The van der Waals surface area contributed by atoms with Gasteiger partial charge in [0.15, 0.2) is 5.78 Å². The van der Waals surface area contributed by atoms with Crippen molar-refractivity contribution in [2.45, 2.75) is 6.92 Å². The highest BCUT2D eigenvalue weighted by Gasteiger charge is 2.13. The van der Waals surface area contributed by atoms with Gasteiger partial charge in [-0.2, -0.15) is 9.78 Å². The Bertz CT molecular complexity index is 490. The van der Waals surface area contributed by atoms with Gasteiger partial charge in [0.1, 0.15) is 5.82 Å². The van der Waals surface area contributed by atoms with Crippen molar-refractivity contribution in [3.63, 3.8) is 0 Å². The van der Waals surface area contributed by atoms with Crippen molar-refractivity contribution in [1.82, 2.24) is 19.7 Å². The van der Waals surface area contributed by atoms with Crippen LogP contribution < -0.4 is 5.73 Å². The minimum atomic E-state index is -0.130. The van der Waals surface area contributed by atoms with Crippen molar-refractivity contribution in [2.75, 3.05) is 5.73 Å². The molecule has 6 nitrogen and oxygen atoms in total. The summed E-state index contributed by atoms with van der Waals surface area (Å²) in [6.07, 6.45) is 4.57. The second-order valence-corrected chi connectivity index (χ2v) is 2.96. The minimum Gasteiger partial charge on any atom is -0.383 e. The van der Waals surface area contributed by atoms with E-state index in [1.165, 1.54) is 17.8 Å². The Kier molecular flexibility index (Phi) is 2.17. The number of carbonyl (C=O) groups excluding carboxylic acids is 1. The fourth-order valence-electron chi connectivity index (χ4n) is 1.19. The van der Waals surface area contributed by atoms with Crippen LogP contribution in [0.1, 0.15) is 17.3 Å². The molecule has 0 amide bonds. The molecule has 2 N–H and O–H groups in total. The van der Waals surface area contributed by atoms with Crippen LogP contribution >= 0.6 is 0 Å². The third-order valence-corrected chi connectivity index (χ3v) is 1.93. The summed E-state index contributed by atoms with van der Waals surface area (Å²) in [5.74, 6) is 0.478. The van der Waals surface area contributed by atoms with Crippen LogP contribution in [0.3, 0.4) is 0 Å². The van der Waals surface area contributed by atoms with Gasteiger partial charge in [-0.1, -0.05) is 0 Å². The number of rotatable bonds is 2. The van der Waals surface area contributed by atoms with Gasteiger partial charge in [-0.15, -0.1) is 0 Å². The smallest absolute Gasteiger partial charge is 0.252 e. The van der Waals surface area contributed by atoms with Crippen molar-refractivity contribution in [2.24, 2.45) is 0 Å². The highest BCUT2D eigenvalue weighted by molar-refractivity contribution is 5.98. The van der Waals surface area contributed by atoms with E-state index >= 15 is 0 Å². The largest absolute Gasteiger partial charge is 0.383 e. The summed E-state index contributed by atoms with van der Waals surface area (Å²) < 4.78 is 1.33. The second-order valence-electron chi connectivity index (χ2n) is 2.96. The van der Waals surface area contributed by atoms with Gasteiger partial charge in [0.25, 0.3) is 5.95 Å². The van der Waals surface area contributed by atoms with Crippen LogP contribution in [-0.2, 0) is 0 Å². The zero-order valence-electron chi connectivity index (χ0n) is 8.08. The van der Waals surface area contributed by atoms with E-state index in [0.717, 1.165) is 0 Å². The molecule has 0 aliphatic rings. The first-order valence-corrected chi connectivity index (χ1v) is 4.32. The fraction of sp³-hybridized carbons (Fsp3) is 0.111. The first-order chi connectivity index (χ1) is 7.20. The van der Waals surface area contributed by atoms with E-state index in [1.807, 2.05) is 0 Å². The lowest BCUT2D eigenvalue weighted by Crippen LogP contribution is -2.07. The average Bonchev–Trinajstić information content (AvgIpc) is 2.61. The molecule has 2 rings (SSSR count). The Balaban J connectivity index is 2.52. The SMILES string of the molecule is CC(=O)c1cnn(-c2ncccn2)c1N. The van der Waals surface area contributed by atoms with Crippen LogP contribution in [0.25, 0.3) is 5.95 Å². The summed E-state index contributed by atoms with van der Waals surface area (Å²) in [5, 5.41) is 3.95. The molecule has 2 heterocycles. The van der Waals surface area contributed by atoms with Crippen LogP contribution in [0.2, 0.25) is 0 Å². The number of nitrogens with zero attached hydrogens (tertiary/aromatic N) is 4. The van der Waals surface area contributed by atoms with E-state index in [9.17, 15) is 4.79 Å². The molecule has 0 bridgehead atoms. The molecule has 0 unspecified atom stereocenters. The fourth-order valence-corrected chi connectivity index (χ4v) is 1.19. The second kappa shape index (κ2) is 3.49. The van der Waals surface area contributed by atoms with Gasteiger partial charge in [0.05, 0.1) is 11.8 Å². The number of nitrogens with two attached hydrogens (primary N) is 1. The predicted molar refractivity (Wildman–Crippen MR) is 53.6 cm³/mol. The molecule has 76 valence electrons. The lowest BCUT2D eigenvalue weighted by Gasteiger charge is -2.00. The van der Waals surface area contributed by atoms with E-state index in [0.29, 0.717) is 11.5 Å². The highest BCUT2D eigenvalue weighted by Crippen LogP contribution is 2.13. The monoisotopic (exact) mass is 203 g/mol. The van der Waals surface area contributed by atoms with E-state index in [1.54, 1.807) is 18.5 Å². The van der Waals surface area contributed by atoms with Gasteiger partial charge in [0.2, 0.25) is 0 Å². The van der Waals surface area contributed by atoms with Crippen LogP contribution in [-0.4, -0.2) is 25.5 Å². The van der Waals surface area contributed by atoms with Crippen LogP contribution in [0.5, 0.6) is 0 Å². The van der Waals surface area contributed by atoms with Gasteiger partial charge in [0, 0.05) is 12.4 Å². The van der Waals surface area contributed by atoms with Crippen molar-refractivity contribution in [3.05, 3.63) is 30.2 Å². The molecule has 0 saturated heterocycles. The molecule has 2 aromatic rings. The molecule has 2 aromatic heterocycles. The average molecular weight is 203 g/mol. The van der Waals surface area contributed by atoms with Gasteiger partial charge >= 0.3 is 0 Å². The van der Waals surface area contributed by atoms with E-state index in [2.05, 4.69) is 15.1 Å². The molecule has 0 aliphatic carbocycles. The summed E-state index contributed by atoms with van der Waals surface area (Å²) >= 11 is 0. The molecule has 0 saturated carbocycles. The first-order valence-electron chi connectivity index (χ1n) is 4.32. The third kappa shape index (κ3) is 1.56. The number of Topliss-reactive ketones (excluding diaryl/α,β-unsaturated/α-hetero) is 1. The summed E-state index contributed by atoms with van der Waals surface area (Å²) in [7, 11) is 0. The molecular formula is C9H9N5O. The molecular weight excluding hydrogens is 194 g/mol. The first kappa shape index (κ1) is 9.32. The molecule has 0 spiro atoms. The number of anilines is 1. The zero-order valence-corrected chi connectivity index (χ0v) is 8.08. The molecule has 0 radical (unpaired) electrons. The molecule has 0 aromatic carbocycles. The lowest BCUT2D eigenvalue weighted by atomic mass is 10.2. The van der Waals surface area contributed by atoms with Gasteiger partial charge in [-0.25, -0.2) is 9.97 Å². The molecule has 0 aliphatic heterocycles. The van der Waals surface area contributed by atoms with Crippen molar-refractivity contribution >= 4 is 11.6 Å². The van der Waals surface area contributed by atoms with Crippen LogP contribution in [0, 0.1) is 0 Å². The Labute approximate surface area is 85.8 Å². The number of aromatic nitrogens is 4. The van der Waals surface area contributed by atoms with Crippen molar-refractivity contribution < 1.29 is 4.79 Å². The maximum absolute atomic E-state index is 11.1. The summed E-state index contributed by atoms with van der Waals surface area (Å²) in [5.41, 5.74) is 6.11. The zero-order chi connectivity index (χ0) is 10.8. The molecule has 6 heteroatoms. The Morgan fingerprint density at radius 3 is 2.60 bits per heavy atom. The van der Waals surface area contributed by atoms with E-state index in [-0.39, 0.29) is 11.6 Å². The number of ketones is 1. The van der Waals surface area contributed by atoms with Crippen molar-refractivity contribution in [3.8, 4) is 5.95 Å². The van der Waals surface area contributed by atoms with E-state index < -0.39 is 0 Å². The lowest BCUT2D eigenvalue weighted by molar-refractivity contribution is 0.101. The Hall–Kier alpha value is -2.24. The third-order valence-electron chi connectivity index (χ3n) is 1.93. The minimum absolute atomic E-state index is 0.130. The maximum Gasteiger partial charge on any atom is 0.252 e. The van der Waals surface area contributed by atoms with Crippen LogP contribution in [0.4, 0.5) is 5.82 Å². The number of nitrogen functional groups attached to an aromatic ring is 1. The quantitative estimate of drug-likeness (QED) is 0.716. The normalized spacial score (nSPS) is 10.2. The number of carbonyl (C=O) groups is 1. The Morgan fingerprint density at radius 1 is 1.40 bits per heavy atom. The summed E-state index contributed by atoms with van der Waals surface area (Å²) in [6, 6.07) is 1.69. The van der Waals surface area contributed by atoms with Gasteiger partial charge < -0.3 is 5.73 Å². The molecule has 0 atom stereocenters. The predicted octanol–water partition coefficient (Wildman–Crippen LogP) is 0.447. The summed E-state index contributed by atoms with van der Waals surface area (Å²) in [6.45, 7) is 1.43. The van der Waals surface area contributed by atoms with Crippen LogP contribution in [0.15, 0.2) is 24.7 Å². The standard InChI is InChI=1S/C9H9N5O/c1-6(15)7-5-13-14(8(7)10)9-11-3-2-4-12-9/h2-5H,10H2,1H3. The summed E-state index contributed by atoms with van der Waals surface area (Å²) in [4.78, 5) is 19.1. The van der Waals surface area contributed by atoms with E-state index in [4.69, 9.17) is 5.73 Å². The number of hydrogen-bond acceptors (Lipinski definition) is 5. The Morgan fingerprint density at radius 2 is 2.07 bits per heavy atom. The highest BCUT2D eigenvalue weighted by atomic mass is 16.1. The topological polar surface area (TPSA) is 86.7 Å². The molecule has 15 heavy (non-hydrogen) atoms. The molecule has 0 fully saturated rings. The van der Waals surface area contributed by atoms with Crippen molar-refractivity contribution in [1.29, 1.82) is 0 Å². The van der Waals surface area contributed by atoms with Gasteiger partial charge in [-0.05, 0) is 13.0 Å². The number of hydrogen-bond donors (Lipinski definition) is 1.